The van der Waals surface area contributed by atoms with Crippen LogP contribution in [0.4, 0.5) is 10.1 Å². The van der Waals surface area contributed by atoms with E-state index in [1.165, 1.54) is 12.1 Å². The van der Waals surface area contributed by atoms with E-state index >= 15 is 0 Å². The van der Waals surface area contributed by atoms with Crippen molar-refractivity contribution in [3.05, 3.63) is 87.9 Å². The molecule has 0 saturated heterocycles. The molecular weight excluding hydrogens is 333 g/mol. The number of hydrogen-bond donors (Lipinski definition) is 0. The minimum absolute atomic E-state index is 0.259. The van der Waals surface area contributed by atoms with Crippen LogP contribution in [0.1, 0.15) is 16.0 Å². The molecule has 2 heterocycles. The highest BCUT2D eigenvalue weighted by Gasteiger charge is 2.40. The molecule has 0 radical (unpaired) electrons. The van der Waals surface area contributed by atoms with Crippen molar-refractivity contribution in [1.82, 2.24) is 0 Å². The first-order valence-corrected chi connectivity index (χ1v) is 8.71. The number of hydrogen-bond acceptors (Lipinski definition) is 4. The molecule has 1 atom stereocenters. The largest absolute Gasteiger partial charge is 0.330 e. The zero-order valence-electron chi connectivity index (χ0n) is 13.3. The van der Waals surface area contributed by atoms with Crippen molar-refractivity contribution in [3.63, 3.8) is 0 Å². The van der Waals surface area contributed by atoms with E-state index in [1.54, 1.807) is 35.9 Å². The molecular formula is C20H14FN3S. The van der Waals surface area contributed by atoms with Gasteiger partial charge < -0.3 is 4.90 Å². The first kappa shape index (κ1) is 15.6. The van der Waals surface area contributed by atoms with Gasteiger partial charge in [-0.3, -0.25) is 4.99 Å². The van der Waals surface area contributed by atoms with Crippen molar-refractivity contribution >= 4 is 23.4 Å². The van der Waals surface area contributed by atoms with Crippen LogP contribution in [-0.2, 0) is 5.54 Å². The molecule has 0 N–H and O–H groups in total. The van der Waals surface area contributed by atoms with Crippen molar-refractivity contribution in [2.24, 2.45) is 4.99 Å². The number of halogens is 1. The molecule has 0 saturated carbocycles. The summed E-state index contributed by atoms with van der Waals surface area (Å²) in [6.45, 7) is 0.605. The van der Waals surface area contributed by atoms with Gasteiger partial charge in [-0.2, -0.15) is 5.26 Å². The van der Waals surface area contributed by atoms with Crippen molar-refractivity contribution < 1.29 is 4.39 Å². The molecule has 122 valence electrons. The molecule has 1 aromatic heterocycles. The lowest BCUT2D eigenvalue weighted by Gasteiger charge is -2.28. The molecule has 0 fully saturated rings. The van der Waals surface area contributed by atoms with E-state index in [-0.39, 0.29) is 5.82 Å². The fourth-order valence-electron chi connectivity index (χ4n) is 3.10. The third-order valence-corrected chi connectivity index (χ3v) is 5.40. The number of benzene rings is 2. The summed E-state index contributed by atoms with van der Waals surface area (Å²) in [6.07, 6.45) is 1.81. The minimum atomic E-state index is -0.565. The number of thiophene rings is 1. The molecule has 25 heavy (non-hydrogen) atoms. The highest BCUT2D eigenvalue weighted by molar-refractivity contribution is 7.10. The second-order valence-electron chi connectivity index (χ2n) is 5.88. The van der Waals surface area contributed by atoms with Gasteiger partial charge in [-0.1, -0.05) is 24.3 Å². The number of rotatable bonds is 3. The molecule has 1 aliphatic heterocycles. The van der Waals surface area contributed by atoms with Crippen molar-refractivity contribution in [3.8, 4) is 6.07 Å². The third-order valence-electron chi connectivity index (χ3n) is 4.37. The standard InChI is InChI=1S/C20H14FN3S/c21-17-8-6-16(7-9-17)20(19-5-2-10-25-19)13-24(14-23-20)18-4-1-3-15(11-18)12-22/h1-11,14H,13H2. The second-order valence-corrected chi connectivity index (χ2v) is 6.83. The molecule has 0 amide bonds. The summed E-state index contributed by atoms with van der Waals surface area (Å²) in [5, 5.41) is 11.1. The first-order chi connectivity index (χ1) is 12.2. The van der Waals surface area contributed by atoms with Gasteiger partial charge in [0.05, 0.1) is 24.5 Å². The Kier molecular flexibility index (Phi) is 3.83. The summed E-state index contributed by atoms with van der Waals surface area (Å²) in [4.78, 5) is 7.97. The fraction of sp³-hybridized carbons (Fsp3) is 0.100. The molecule has 3 aromatic rings. The van der Waals surface area contributed by atoms with Gasteiger partial charge in [0.15, 0.2) is 0 Å². The minimum Gasteiger partial charge on any atom is -0.330 e. The predicted molar refractivity (Wildman–Crippen MR) is 98.5 cm³/mol. The maximum atomic E-state index is 13.4. The smallest absolute Gasteiger partial charge is 0.139 e. The van der Waals surface area contributed by atoms with Crippen LogP contribution in [0.25, 0.3) is 0 Å². The fourth-order valence-corrected chi connectivity index (χ4v) is 3.99. The Bertz CT molecular complexity index is 957. The van der Waals surface area contributed by atoms with Gasteiger partial charge in [0.1, 0.15) is 11.4 Å². The lowest BCUT2D eigenvalue weighted by Crippen LogP contribution is -2.32. The van der Waals surface area contributed by atoms with E-state index in [1.807, 2.05) is 34.5 Å². The Morgan fingerprint density at radius 1 is 1.12 bits per heavy atom. The van der Waals surface area contributed by atoms with Crippen LogP contribution < -0.4 is 4.90 Å². The quantitative estimate of drug-likeness (QED) is 0.697. The van der Waals surface area contributed by atoms with Gasteiger partial charge in [-0.05, 0) is 47.3 Å². The predicted octanol–water partition coefficient (Wildman–Crippen LogP) is 4.55. The maximum absolute atomic E-state index is 13.4. The van der Waals surface area contributed by atoms with Crippen LogP contribution in [0, 0.1) is 17.1 Å². The van der Waals surface area contributed by atoms with Gasteiger partial charge in [-0.25, -0.2) is 4.39 Å². The summed E-state index contributed by atoms with van der Waals surface area (Å²) in [6, 6.07) is 20.2. The average molecular weight is 347 g/mol. The topological polar surface area (TPSA) is 39.4 Å². The lowest BCUT2D eigenvalue weighted by atomic mass is 9.89. The van der Waals surface area contributed by atoms with Crippen LogP contribution in [0.5, 0.6) is 0 Å². The van der Waals surface area contributed by atoms with E-state index in [9.17, 15) is 4.39 Å². The molecule has 0 spiro atoms. The Balaban J connectivity index is 1.76. The summed E-state index contributed by atoms with van der Waals surface area (Å²) in [7, 11) is 0. The number of nitrogens with zero attached hydrogens (tertiary/aromatic N) is 3. The lowest BCUT2D eigenvalue weighted by molar-refractivity contribution is 0.590. The third kappa shape index (κ3) is 2.71. The number of aliphatic imine (C=N–C) groups is 1. The Hall–Kier alpha value is -2.97. The maximum Gasteiger partial charge on any atom is 0.139 e. The van der Waals surface area contributed by atoms with Gasteiger partial charge in [0, 0.05) is 10.6 Å². The van der Waals surface area contributed by atoms with E-state index in [0.29, 0.717) is 12.1 Å². The summed E-state index contributed by atoms with van der Waals surface area (Å²) in [5.41, 5.74) is 1.92. The van der Waals surface area contributed by atoms with Crippen LogP contribution in [0.2, 0.25) is 0 Å². The van der Waals surface area contributed by atoms with Crippen molar-refractivity contribution in [1.29, 1.82) is 5.26 Å². The Morgan fingerprint density at radius 2 is 1.96 bits per heavy atom. The van der Waals surface area contributed by atoms with Gasteiger partial charge >= 0.3 is 0 Å². The van der Waals surface area contributed by atoms with Crippen LogP contribution >= 0.6 is 11.3 Å². The zero-order valence-corrected chi connectivity index (χ0v) is 14.1. The highest BCUT2D eigenvalue weighted by atomic mass is 32.1. The van der Waals surface area contributed by atoms with E-state index in [0.717, 1.165) is 16.1 Å². The second kappa shape index (κ2) is 6.15. The highest BCUT2D eigenvalue weighted by Crippen LogP contribution is 2.41. The molecule has 4 rings (SSSR count). The molecule has 3 nitrogen and oxygen atoms in total. The van der Waals surface area contributed by atoms with E-state index in [2.05, 4.69) is 12.1 Å². The summed E-state index contributed by atoms with van der Waals surface area (Å²) in [5.74, 6) is -0.259. The first-order valence-electron chi connectivity index (χ1n) is 7.83. The molecule has 2 aromatic carbocycles. The molecule has 0 aliphatic carbocycles. The Labute approximate surface area is 149 Å². The van der Waals surface area contributed by atoms with E-state index < -0.39 is 5.54 Å². The monoisotopic (exact) mass is 347 g/mol. The Morgan fingerprint density at radius 3 is 2.68 bits per heavy atom. The normalized spacial score (nSPS) is 19.1. The van der Waals surface area contributed by atoms with Crippen molar-refractivity contribution in [2.45, 2.75) is 5.54 Å². The van der Waals surface area contributed by atoms with Crippen LogP contribution in [0.15, 0.2) is 71.0 Å². The zero-order chi connectivity index (χ0) is 17.3. The summed E-state index contributed by atoms with van der Waals surface area (Å²) < 4.78 is 13.4. The SMILES string of the molecule is N#Cc1cccc(N2C=NC(c3ccc(F)cc3)(c3cccs3)C2)c1. The van der Waals surface area contributed by atoms with Crippen LogP contribution in [0.3, 0.4) is 0 Å². The summed E-state index contributed by atoms with van der Waals surface area (Å²) >= 11 is 1.64. The molecule has 5 heteroatoms. The molecule has 1 unspecified atom stereocenters. The average Bonchev–Trinajstić information content (AvgIpc) is 3.33. The van der Waals surface area contributed by atoms with Crippen LogP contribution in [-0.4, -0.2) is 12.9 Å². The van der Waals surface area contributed by atoms with E-state index in [4.69, 9.17) is 10.3 Å². The molecule has 1 aliphatic rings. The van der Waals surface area contributed by atoms with Gasteiger partial charge in [0.2, 0.25) is 0 Å². The van der Waals surface area contributed by atoms with Gasteiger partial charge in [0.25, 0.3) is 0 Å². The molecule has 0 bridgehead atoms. The number of nitriles is 1. The number of anilines is 1. The van der Waals surface area contributed by atoms with Crippen molar-refractivity contribution in [2.75, 3.05) is 11.4 Å². The van der Waals surface area contributed by atoms with Gasteiger partial charge in [-0.15, -0.1) is 11.3 Å².